The van der Waals surface area contributed by atoms with E-state index in [1.54, 1.807) is 0 Å². The Hall–Kier alpha value is -0.995. The molecule has 1 aliphatic carbocycles. The lowest BCUT2D eigenvalue weighted by molar-refractivity contribution is -0.151. The quantitative estimate of drug-likeness (QED) is 0.499. The van der Waals surface area contributed by atoms with E-state index in [0.717, 1.165) is 12.8 Å². The first-order chi connectivity index (χ1) is 6.99. The highest BCUT2D eigenvalue weighted by molar-refractivity contribution is 6.11. The molecule has 15 heavy (non-hydrogen) atoms. The maximum atomic E-state index is 10.9. The normalized spacial score (nSPS) is 29.9. The molecular weight excluding hydrogens is 195 g/mol. The summed E-state index contributed by atoms with van der Waals surface area (Å²) in [5.41, 5.74) is 0. The number of carbonyl (C=O) groups excluding carboxylic acids is 2. The number of carbonyl (C=O) groups is 2. The zero-order chi connectivity index (χ0) is 11.4. The Labute approximate surface area is 90.7 Å². The molecule has 0 bridgehead atoms. The summed E-state index contributed by atoms with van der Waals surface area (Å²) in [7, 11) is 2.12. The molecule has 0 aromatic rings. The fraction of sp³-hybridized carbons (Fsp3) is 0.800. The molecule has 0 heterocycles. The van der Waals surface area contributed by atoms with Gasteiger partial charge < -0.3 is 9.47 Å². The molecule has 0 aromatic heterocycles. The molecule has 4 nitrogen and oxygen atoms in total. The van der Waals surface area contributed by atoms with Crippen LogP contribution in [-0.2, 0) is 19.1 Å². The van der Waals surface area contributed by atoms with Crippen molar-refractivity contribution in [3.63, 3.8) is 0 Å². The van der Waals surface area contributed by atoms with Gasteiger partial charge in [-0.3, -0.25) is 9.59 Å². The lowest BCUT2D eigenvalue weighted by Gasteiger charge is -2.18. The van der Waals surface area contributed by atoms with E-state index in [1.807, 2.05) is 0 Å². The van der Waals surface area contributed by atoms with E-state index >= 15 is 0 Å². The molecule has 0 spiro atoms. The van der Waals surface area contributed by atoms with Crippen LogP contribution in [0.4, 0.5) is 0 Å². The summed E-state index contributed by atoms with van der Waals surface area (Å²) in [6.45, 7) is 3.16. The van der Waals surface area contributed by atoms with Crippen molar-refractivity contribution < 1.29 is 19.1 Å². The van der Waals surface area contributed by atoms with E-state index in [-0.39, 0.29) is 24.0 Å². The van der Waals surface area contributed by atoms with Gasteiger partial charge in [0.25, 0.3) is 0 Å². The summed E-state index contributed by atoms with van der Waals surface area (Å²) in [5, 5.41) is 0. The minimum absolute atomic E-state index is 0.0863. The zero-order valence-corrected chi connectivity index (χ0v) is 9.49. The molecule has 1 saturated carbocycles. The molecule has 0 aromatic carbocycles. The smallest absolute Gasteiger partial charge is 0.302 e. The Morgan fingerprint density at radius 2 is 1.93 bits per heavy atom. The second-order valence-electron chi connectivity index (χ2n) is 4.29. The van der Waals surface area contributed by atoms with E-state index in [1.165, 1.54) is 13.8 Å². The van der Waals surface area contributed by atoms with Crippen molar-refractivity contribution in [1.82, 2.24) is 0 Å². The Bertz CT molecular complexity index is 254. The second kappa shape index (κ2) is 5.19. The highest BCUT2D eigenvalue weighted by Crippen LogP contribution is 2.35. The van der Waals surface area contributed by atoms with Crippen LogP contribution in [0.25, 0.3) is 0 Å². The number of hydrogen-bond donors (Lipinski definition) is 0. The summed E-state index contributed by atoms with van der Waals surface area (Å²) in [6.07, 6.45) is 1.73. The van der Waals surface area contributed by atoms with Crippen molar-refractivity contribution in [3.05, 3.63) is 0 Å². The van der Waals surface area contributed by atoms with Gasteiger partial charge in [0.1, 0.15) is 14.0 Å². The SMILES string of the molecule is B[C@@H]1CC(OC(C)=O)[C@H](COC(C)=O)C1. The first kappa shape index (κ1) is 12.1. The molecule has 5 heteroatoms. The van der Waals surface area contributed by atoms with Gasteiger partial charge in [-0.05, 0) is 12.8 Å². The summed E-state index contributed by atoms with van der Waals surface area (Å²) in [4.78, 5) is 21.5. The van der Waals surface area contributed by atoms with Crippen molar-refractivity contribution in [2.75, 3.05) is 6.61 Å². The van der Waals surface area contributed by atoms with Crippen molar-refractivity contribution in [3.8, 4) is 0 Å². The van der Waals surface area contributed by atoms with Crippen LogP contribution < -0.4 is 0 Å². The Kier molecular flexibility index (Phi) is 4.18. The fourth-order valence-electron chi connectivity index (χ4n) is 2.11. The minimum atomic E-state index is -0.281. The van der Waals surface area contributed by atoms with Gasteiger partial charge in [0, 0.05) is 19.8 Å². The van der Waals surface area contributed by atoms with Crippen molar-refractivity contribution in [1.29, 1.82) is 0 Å². The zero-order valence-electron chi connectivity index (χ0n) is 9.49. The maximum Gasteiger partial charge on any atom is 0.302 e. The standard InChI is InChI=1S/C10H17BO4/c1-6(12)14-5-8-3-9(11)4-10(8)15-7(2)13/h8-10H,3-5,11H2,1-2H3/t8-,9-,10?/m0/s1. The third-order valence-corrected chi connectivity index (χ3v) is 2.68. The predicted octanol–water partition coefficient (Wildman–Crippen LogP) is 0.313. The van der Waals surface area contributed by atoms with Crippen LogP contribution in [0, 0.1) is 5.92 Å². The average molecular weight is 212 g/mol. The summed E-state index contributed by atoms with van der Waals surface area (Å²) >= 11 is 0. The molecule has 0 radical (unpaired) electrons. The molecule has 1 aliphatic rings. The molecule has 0 N–H and O–H groups in total. The first-order valence-electron chi connectivity index (χ1n) is 5.29. The van der Waals surface area contributed by atoms with Crippen molar-refractivity contribution >= 4 is 19.8 Å². The molecule has 0 aliphatic heterocycles. The maximum absolute atomic E-state index is 10.9. The van der Waals surface area contributed by atoms with Crippen LogP contribution in [0.2, 0.25) is 5.82 Å². The van der Waals surface area contributed by atoms with Gasteiger partial charge in [0.2, 0.25) is 0 Å². The number of rotatable bonds is 3. The molecule has 1 rings (SSSR count). The first-order valence-corrected chi connectivity index (χ1v) is 5.29. The van der Waals surface area contributed by atoms with Gasteiger partial charge in [-0.15, -0.1) is 0 Å². The van der Waals surface area contributed by atoms with E-state index in [2.05, 4.69) is 7.85 Å². The number of ether oxygens (including phenoxy) is 2. The Morgan fingerprint density at radius 1 is 1.27 bits per heavy atom. The van der Waals surface area contributed by atoms with Gasteiger partial charge in [-0.1, -0.05) is 5.82 Å². The average Bonchev–Trinajstić information content (AvgIpc) is 2.41. The third kappa shape index (κ3) is 3.94. The molecule has 1 unspecified atom stereocenters. The van der Waals surface area contributed by atoms with Crippen LogP contribution in [0.15, 0.2) is 0 Å². The Morgan fingerprint density at radius 3 is 2.47 bits per heavy atom. The monoisotopic (exact) mass is 212 g/mol. The molecule has 84 valence electrons. The number of esters is 2. The van der Waals surface area contributed by atoms with Crippen molar-refractivity contribution in [2.24, 2.45) is 5.92 Å². The van der Waals surface area contributed by atoms with E-state index < -0.39 is 0 Å². The Balaban J connectivity index is 2.45. The largest absolute Gasteiger partial charge is 0.465 e. The molecular formula is C10H17BO4. The van der Waals surface area contributed by atoms with Crippen molar-refractivity contribution in [2.45, 2.75) is 38.6 Å². The predicted molar refractivity (Wildman–Crippen MR) is 57.2 cm³/mol. The molecule has 3 atom stereocenters. The van der Waals surface area contributed by atoms with Gasteiger partial charge in [0.05, 0.1) is 6.61 Å². The van der Waals surface area contributed by atoms with Crippen LogP contribution >= 0.6 is 0 Å². The lowest BCUT2D eigenvalue weighted by Crippen LogP contribution is -2.25. The van der Waals surface area contributed by atoms with E-state index in [4.69, 9.17) is 9.47 Å². The highest BCUT2D eigenvalue weighted by Gasteiger charge is 2.34. The second-order valence-corrected chi connectivity index (χ2v) is 4.29. The van der Waals surface area contributed by atoms with Crippen LogP contribution in [-0.4, -0.2) is 32.5 Å². The van der Waals surface area contributed by atoms with Crippen LogP contribution in [0.1, 0.15) is 26.7 Å². The van der Waals surface area contributed by atoms with Gasteiger partial charge in [-0.2, -0.15) is 0 Å². The van der Waals surface area contributed by atoms with Crippen LogP contribution in [0.5, 0.6) is 0 Å². The van der Waals surface area contributed by atoms with Gasteiger partial charge >= 0.3 is 11.9 Å². The number of hydrogen-bond acceptors (Lipinski definition) is 4. The van der Waals surface area contributed by atoms with Crippen LogP contribution in [0.3, 0.4) is 0 Å². The summed E-state index contributed by atoms with van der Waals surface area (Å²) < 4.78 is 10.2. The minimum Gasteiger partial charge on any atom is -0.465 e. The molecule has 0 saturated heterocycles. The van der Waals surface area contributed by atoms with Gasteiger partial charge in [-0.25, -0.2) is 0 Å². The summed E-state index contributed by atoms with van der Waals surface area (Å²) in [5.74, 6) is 0.140. The lowest BCUT2D eigenvalue weighted by atomic mass is 9.85. The van der Waals surface area contributed by atoms with E-state index in [9.17, 15) is 9.59 Å². The highest BCUT2D eigenvalue weighted by atomic mass is 16.6. The molecule has 1 fully saturated rings. The summed E-state index contributed by atoms with van der Waals surface area (Å²) in [6, 6.07) is 0. The molecule has 0 amide bonds. The third-order valence-electron chi connectivity index (χ3n) is 2.68. The topological polar surface area (TPSA) is 52.6 Å². The fourth-order valence-corrected chi connectivity index (χ4v) is 2.11. The van der Waals surface area contributed by atoms with Gasteiger partial charge in [0.15, 0.2) is 0 Å². The van der Waals surface area contributed by atoms with E-state index in [0.29, 0.717) is 12.4 Å².